The van der Waals surface area contributed by atoms with Crippen molar-refractivity contribution in [1.82, 2.24) is 4.57 Å². The number of fused-ring (bicyclic) bond motifs is 6. The molecule has 0 saturated heterocycles. The van der Waals surface area contributed by atoms with Crippen LogP contribution in [0.1, 0.15) is 0 Å². The molecule has 244 valence electrons. The molecular formula is C50H34N2. The molecule has 0 amide bonds. The molecule has 0 aliphatic carbocycles. The number of hydrogen-bond acceptors (Lipinski definition) is 1. The van der Waals surface area contributed by atoms with Gasteiger partial charge in [-0.05, 0) is 104 Å². The van der Waals surface area contributed by atoms with E-state index in [4.69, 9.17) is 0 Å². The number of para-hydroxylation sites is 2. The van der Waals surface area contributed by atoms with Gasteiger partial charge in [-0.15, -0.1) is 0 Å². The first-order chi connectivity index (χ1) is 25.8. The number of aromatic nitrogens is 1. The topological polar surface area (TPSA) is 8.17 Å². The summed E-state index contributed by atoms with van der Waals surface area (Å²) in [5.74, 6) is 0. The van der Waals surface area contributed by atoms with Crippen LogP contribution in [0.5, 0.6) is 0 Å². The number of benzene rings is 9. The normalized spacial score (nSPS) is 11.5. The Morgan fingerprint density at radius 3 is 1.63 bits per heavy atom. The van der Waals surface area contributed by atoms with Crippen molar-refractivity contribution in [2.75, 3.05) is 4.90 Å². The summed E-state index contributed by atoms with van der Waals surface area (Å²) in [5, 5.41) is 7.59. The first kappa shape index (κ1) is 30.0. The third kappa shape index (κ3) is 4.96. The summed E-state index contributed by atoms with van der Waals surface area (Å²) in [5.41, 5.74) is 11.8. The molecule has 10 aromatic rings. The monoisotopic (exact) mass is 662 g/mol. The van der Waals surface area contributed by atoms with Crippen molar-refractivity contribution >= 4 is 60.4 Å². The number of nitrogens with zero attached hydrogens (tertiary/aromatic N) is 2. The van der Waals surface area contributed by atoms with Gasteiger partial charge in [0.2, 0.25) is 0 Å². The lowest BCUT2D eigenvalue weighted by Crippen LogP contribution is -2.10. The predicted molar refractivity (Wildman–Crippen MR) is 221 cm³/mol. The van der Waals surface area contributed by atoms with E-state index in [1.165, 1.54) is 65.6 Å². The van der Waals surface area contributed by atoms with Crippen molar-refractivity contribution in [1.29, 1.82) is 0 Å². The molecular weight excluding hydrogens is 629 g/mol. The van der Waals surface area contributed by atoms with Gasteiger partial charge in [-0.3, -0.25) is 0 Å². The number of hydrogen-bond donors (Lipinski definition) is 0. The van der Waals surface area contributed by atoms with E-state index in [1.54, 1.807) is 0 Å². The van der Waals surface area contributed by atoms with Crippen molar-refractivity contribution in [2.45, 2.75) is 0 Å². The molecule has 52 heavy (non-hydrogen) atoms. The molecule has 0 aliphatic heterocycles. The van der Waals surface area contributed by atoms with E-state index in [-0.39, 0.29) is 0 Å². The summed E-state index contributed by atoms with van der Waals surface area (Å²) in [7, 11) is 0. The molecule has 0 bridgehead atoms. The molecule has 0 spiro atoms. The Balaban J connectivity index is 1.13. The van der Waals surface area contributed by atoms with Gasteiger partial charge in [-0.25, -0.2) is 0 Å². The molecule has 0 atom stereocenters. The highest BCUT2D eigenvalue weighted by Crippen LogP contribution is 2.43. The first-order valence-corrected chi connectivity index (χ1v) is 17.9. The largest absolute Gasteiger partial charge is 0.311 e. The lowest BCUT2D eigenvalue weighted by atomic mass is 9.92. The second-order valence-electron chi connectivity index (χ2n) is 13.3. The van der Waals surface area contributed by atoms with Crippen LogP contribution in [0, 0.1) is 0 Å². The van der Waals surface area contributed by atoms with Gasteiger partial charge in [0.1, 0.15) is 0 Å². The zero-order chi connectivity index (χ0) is 34.4. The fourth-order valence-corrected chi connectivity index (χ4v) is 8.01. The molecule has 10 rings (SSSR count). The zero-order valence-corrected chi connectivity index (χ0v) is 28.5. The maximum absolute atomic E-state index is 2.43. The Hall–Kier alpha value is -6.90. The molecule has 1 aromatic heterocycles. The van der Waals surface area contributed by atoms with E-state index in [2.05, 4.69) is 216 Å². The maximum atomic E-state index is 2.43. The molecule has 0 N–H and O–H groups in total. The van der Waals surface area contributed by atoms with Gasteiger partial charge in [-0.1, -0.05) is 146 Å². The minimum Gasteiger partial charge on any atom is -0.311 e. The molecule has 0 radical (unpaired) electrons. The molecule has 2 nitrogen and oxygen atoms in total. The van der Waals surface area contributed by atoms with Crippen LogP contribution in [-0.2, 0) is 0 Å². The average Bonchev–Trinajstić information content (AvgIpc) is 3.56. The molecule has 2 heteroatoms. The lowest BCUT2D eigenvalue weighted by molar-refractivity contribution is 1.17. The summed E-state index contributed by atoms with van der Waals surface area (Å²) in [4.78, 5) is 2.33. The van der Waals surface area contributed by atoms with Crippen molar-refractivity contribution in [3.8, 4) is 27.9 Å². The van der Waals surface area contributed by atoms with E-state index < -0.39 is 0 Å². The third-order valence-corrected chi connectivity index (χ3v) is 10.4. The van der Waals surface area contributed by atoms with Crippen molar-refractivity contribution in [3.05, 3.63) is 206 Å². The molecule has 0 fully saturated rings. The standard InChI is InChI=1S/C50H34N2/c1-3-13-35(14-4-1)36-25-28-40(29-26-36)51(39-18-5-2-6-19-39)41-30-32-42(33-31-41)52-47-24-10-9-21-46(47)50-48(52)34-27-38-17-12-23-45(49(38)50)44-22-11-16-37-15-7-8-20-43(37)44/h1-34H. The minimum atomic E-state index is 1.10. The van der Waals surface area contributed by atoms with Crippen LogP contribution < -0.4 is 4.90 Å². The van der Waals surface area contributed by atoms with Crippen molar-refractivity contribution in [3.63, 3.8) is 0 Å². The predicted octanol–water partition coefficient (Wildman–Crippen LogP) is 13.9. The van der Waals surface area contributed by atoms with E-state index in [9.17, 15) is 0 Å². The Morgan fingerprint density at radius 1 is 0.308 bits per heavy atom. The zero-order valence-electron chi connectivity index (χ0n) is 28.5. The Labute approximate surface area is 303 Å². The lowest BCUT2D eigenvalue weighted by Gasteiger charge is -2.26. The number of anilines is 3. The van der Waals surface area contributed by atoms with Crippen LogP contribution >= 0.6 is 0 Å². The summed E-state index contributed by atoms with van der Waals surface area (Å²) < 4.78 is 2.43. The Bertz CT molecular complexity index is 2860. The first-order valence-electron chi connectivity index (χ1n) is 17.9. The van der Waals surface area contributed by atoms with E-state index in [1.807, 2.05) is 0 Å². The summed E-state index contributed by atoms with van der Waals surface area (Å²) in [6, 6.07) is 74.5. The van der Waals surface area contributed by atoms with E-state index in [0.29, 0.717) is 0 Å². The molecule has 0 saturated carbocycles. The third-order valence-electron chi connectivity index (χ3n) is 10.4. The molecule has 1 heterocycles. The SMILES string of the molecule is c1ccc(-c2ccc(N(c3ccccc3)c3ccc(-n4c5ccccc5c5c6c(-c7cccc8ccccc78)cccc6ccc54)cc3)cc2)cc1. The van der Waals surface area contributed by atoms with Gasteiger partial charge >= 0.3 is 0 Å². The molecule has 9 aromatic carbocycles. The van der Waals surface area contributed by atoms with Crippen molar-refractivity contribution < 1.29 is 0 Å². The van der Waals surface area contributed by atoms with Gasteiger partial charge in [0.05, 0.1) is 11.0 Å². The summed E-state index contributed by atoms with van der Waals surface area (Å²) in [6.07, 6.45) is 0. The van der Waals surface area contributed by atoms with Crippen LogP contribution in [0.25, 0.3) is 71.3 Å². The quantitative estimate of drug-likeness (QED) is 0.172. The summed E-state index contributed by atoms with van der Waals surface area (Å²) in [6.45, 7) is 0. The van der Waals surface area contributed by atoms with Crippen LogP contribution in [0.4, 0.5) is 17.1 Å². The van der Waals surface area contributed by atoms with Gasteiger partial charge in [0.15, 0.2) is 0 Å². The van der Waals surface area contributed by atoms with Gasteiger partial charge < -0.3 is 9.47 Å². The van der Waals surface area contributed by atoms with Gasteiger partial charge in [-0.2, -0.15) is 0 Å². The van der Waals surface area contributed by atoms with Crippen LogP contribution in [0.15, 0.2) is 206 Å². The van der Waals surface area contributed by atoms with E-state index in [0.717, 1.165) is 22.7 Å². The van der Waals surface area contributed by atoms with Crippen molar-refractivity contribution in [2.24, 2.45) is 0 Å². The molecule has 0 unspecified atom stereocenters. The maximum Gasteiger partial charge on any atom is 0.0547 e. The van der Waals surface area contributed by atoms with Crippen LogP contribution in [-0.4, -0.2) is 4.57 Å². The Morgan fingerprint density at radius 2 is 0.865 bits per heavy atom. The fourth-order valence-electron chi connectivity index (χ4n) is 8.01. The Kier molecular flexibility index (Phi) is 7.18. The smallest absolute Gasteiger partial charge is 0.0547 e. The van der Waals surface area contributed by atoms with Crippen LogP contribution in [0.3, 0.4) is 0 Å². The van der Waals surface area contributed by atoms with E-state index >= 15 is 0 Å². The van der Waals surface area contributed by atoms with Crippen LogP contribution in [0.2, 0.25) is 0 Å². The highest BCUT2D eigenvalue weighted by molar-refractivity contribution is 6.25. The molecule has 0 aliphatic rings. The second-order valence-corrected chi connectivity index (χ2v) is 13.3. The van der Waals surface area contributed by atoms with Gasteiger partial charge in [0.25, 0.3) is 0 Å². The summed E-state index contributed by atoms with van der Waals surface area (Å²) >= 11 is 0. The fraction of sp³-hybridized carbons (Fsp3) is 0. The highest BCUT2D eigenvalue weighted by Gasteiger charge is 2.19. The number of rotatable bonds is 6. The average molecular weight is 663 g/mol. The second kappa shape index (κ2) is 12.5. The van der Waals surface area contributed by atoms with Gasteiger partial charge in [0, 0.05) is 33.5 Å². The highest BCUT2D eigenvalue weighted by atomic mass is 15.1. The minimum absolute atomic E-state index is 1.10.